The fourth-order valence-corrected chi connectivity index (χ4v) is 1.87. The van der Waals surface area contributed by atoms with Crippen LogP contribution in [0.5, 0.6) is 0 Å². The molecule has 1 atom stereocenters. The van der Waals surface area contributed by atoms with Crippen LogP contribution in [-0.4, -0.2) is 28.8 Å². The van der Waals surface area contributed by atoms with E-state index in [0.29, 0.717) is 18.7 Å². The van der Waals surface area contributed by atoms with Crippen LogP contribution in [0.1, 0.15) is 42.8 Å². The van der Waals surface area contributed by atoms with Gasteiger partial charge >= 0.3 is 12.0 Å². The molecule has 0 aromatic carbocycles. The van der Waals surface area contributed by atoms with E-state index >= 15 is 0 Å². The van der Waals surface area contributed by atoms with Gasteiger partial charge in [-0.15, -0.1) is 0 Å². The molecule has 0 saturated carbocycles. The molecule has 19 heavy (non-hydrogen) atoms. The summed E-state index contributed by atoms with van der Waals surface area (Å²) >= 11 is 0. The van der Waals surface area contributed by atoms with Crippen molar-refractivity contribution in [3.8, 4) is 0 Å². The molecule has 0 aliphatic rings. The average Bonchev–Trinajstić information content (AvgIpc) is 2.64. The summed E-state index contributed by atoms with van der Waals surface area (Å²) in [6.07, 6.45) is 0.447. The molecule has 7 heteroatoms. The lowest BCUT2D eigenvalue weighted by Gasteiger charge is -2.14. The molecule has 0 aliphatic carbocycles. The van der Waals surface area contributed by atoms with Gasteiger partial charge < -0.3 is 20.3 Å². The van der Waals surface area contributed by atoms with Crippen molar-refractivity contribution < 1.29 is 19.2 Å². The van der Waals surface area contributed by atoms with Crippen LogP contribution >= 0.6 is 0 Å². The maximum Gasteiger partial charge on any atom is 0.315 e. The number of carbonyl (C=O) groups excluding carboxylic acids is 1. The average molecular weight is 269 g/mol. The highest BCUT2D eigenvalue weighted by atomic mass is 16.5. The summed E-state index contributed by atoms with van der Waals surface area (Å²) in [6.45, 7) is 5.77. The Kier molecular flexibility index (Phi) is 5.35. The van der Waals surface area contributed by atoms with Gasteiger partial charge in [0, 0.05) is 18.5 Å². The highest BCUT2D eigenvalue weighted by Crippen LogP contribution is 2.20. The van der Waals surface area contributed by atoms with Crippen molar-refractivity contribution in [2.45, 2.75) is 39.7 Å². The molecule has 1 aromatic rings. The minimum absolute atomic E-state index is 0.0414. The van der Waals surface area contributed by atoms with E-state index in [9.17, 15) is 9.59 Å². The number of aryl methyl sites for hydroxylation is 2. The molecule has 106 valence electrons. The number of rotatable bonds is 6. The van der Waals surface area contributed by atoms with E-state index in [1.54, 1.807) is 6.92 Å². The zero-order chi connectivity index (χ0) is 14.4. The van der Waals surface area contributed by atoms with Crippen molar-refractivity contribution in [2.24, 2.45) is 0 Å². The fraction of sp³-hybridized carbons (Fsp3) is 0.583. The molecular weight excluding hydrogens is 250 g/mol. The third kappa shape index (κ3) is 4.61. The highest BCUT2D eigenvalue weighted by Gasteiger charge is 2.17. The van der Waals surface area contributed by atoms with Gasteiger partial charge in [-0.3, -0.25) is 4.79 Å². The Labute approximate surface area is 111 Å². The molecule has 1 rings (SSSR count). The monoisotopic (exact) mass is 269 g/mol. The van der Waals surface area contributed by atoms with E-state index in [4.69, 9.17) is 9.63 Å². The van der Waals surface area contributed by atoms with E-state index in [0.717, 1.165) is 11.3 Å². The molecule has 0 aliphatic heterocycles. The van der Waals surface area contributed by atoms with Crippen LogP contribution in [0.25, 0.3) is 0 Å². The van der Waals surface area contributed by atoms with Gasteiger partial charge in [-0.2, -0.15) is 0 Å². The summed E-state index contributed by atoms with van der Waals surface area (Å²) < 4.78 is 5.04. The highest BCUT2D eigenvalue weighted by molar-refractivity contribution is 5.74. The van der Waals surface area contributed by atoms with E-state index in [1.807, 2.05) is 13.8 Å². The van der Waals surface area contributed by atoms with Crippen LogP contribution in [0, 0.1) is 13.8 Å². The summed E-state index contributed by atoms with van der Waals surface area (Å²) in [5, 5.41) is 17.7. The summed E-state index contributed by atoms with van der Waals surface area (Å²) in [6, 6.07) is -0.552. The van der Waals surface area contributed by atoms with Crippen LogP contribution < -0.4 is 10.6 Å². The number of aliphatic carboxylic acids is 1. The largest absolute Gasteiger partial charge is 0.481 e. The summed E-state index contributed by atoms with van der Waals surface area (Å²) in [5.41, 5.74) is 1.61. The van der Waals surface area contributed by atoms with Gasteiger partial charge in [0.2, 0.25) is 0 Å². The Morgan fingerprint density at radius 3 is 2.63 bits per heavy atom. The third-order valence-electron chi connectivity index (χ3n) is 2.72. The summed E-state index contributed by atoms with van der Waals surface area (Å²) in [7, 11) is 0. The Bertz CT molecular complexity index is 436. The number of urea groups is 1. The molecule has 0 fully saturated rings. The molecule has 7 nitrogen and oxygen atoms in total. The fourth-order valence-electron chi connectivity index (χ4n) is 1.87. The lowest BCUT2D eigenvalue weighted by Crippen LogP contribution is -2.37. The molecule has 0 bridgehead atoms. The number of carboxylic acid groups (broad SMARTS) is 1. The molecule has 1 unspecified atom stereocenters. The van der Waals surface area contributed by atoms with Crippen molar-refractivity contribution in [1.29, 1.82) is 0 Å². The maximum absolute atomic E-state index is 11.6. The number of amides is 2. The molecule has 1 heterocycles. The normalized spacial score (nSPS) is 11.9. The van der Waals surface area contributed by atoms with Gasteiger partial charge in [-0.1, -0.05) is 5.16 Å². The topological polar surface area (TPSA) is 104 Å². The van der Waals surface area contributed by atoms with Crippen LogP contribution in [0.15, 0.2) is 4.52 Å². The molecule has 3 N–H and O–H groups in total. The lowest BCUT2D eigenvalue weighted by atomic mass is 10.1. The number of hydrogen-bond donors (Lipinski definition) is 3. The van der Waals surface area contributed by atoms with Gasteiger partial charge in [0.1, 0.15) is 5.76 Å². The van der Waals surface area contributed by atoms with Crippen molar-refractivity contribution in [2.75, 3.05) is 6.54 Å². The second-order valence-electron chi connectivity index (χ2n) is 4.36. The minimum Gasteiger partial charge on any atom is -0.481 e. The Hall–Kier alpha value is -2.05. The third-order valence-corrected chi connectivity index (χ3v) is 2.72. The van der Waals surface area contributed by atoms with E-state index in [2.05, 4.69) is 15.8 Å². The number of nitrogens with one attached hydrogen (secondary N) is 2. The van der Waals surface area contributed by atoms with Gasteiger partial charge in [0.15, 0.2) is 0 Å². The zero-order valence-corrected chi connectivity index (χ0v) is 11.3. The second-order valence-corrected chi connectivity index (χ2v) is 4.36. The first-order valence-corrected chi connectivity index (χ1v) is 6.10. The van der Waals surface area contributed by atoms with Gasteiger partial charge in [-0.05, 0) is 27.2 Å². The molecule has 0 spiro atoms. The number of aromatic nitrogens is 1. The predicted octanol–water partition coefficient (Wildman–Crippen LogP) is 1.52. The lowest BCUT2D eigenvalue weighted by molar-refractivity contribution is -0.137. The van der Waals surface area contributed by atoms with Crippen molar-refractivity contribution in [3.63, 3.8) is 0 Å². The van der Waals surface area contributed by atoms with Crippen LogP contribution in [-0.2, 0) is 4.79 Å². The summed E-state index contributed by atoms with van der Waals surface area (Å²) in [4.78, 5) is 21.9. The first-order valence-electron chi connectivity index (χ1n) is 6.10. The van der Waals surface area contributed by atoms with Gasteiger partial charge in [0.05, 0.1) is 11.7 Å². The number of hydrogen-bond acceptors (Lipinski definition) is 4. The predicted molar refractivity (Wildman–Crippen MR) is 67.8 cm³/mol. The van der Waals surface area contributed by atoms with Crippen molar-refractivity contribution >= 4 is 12.0 Å². The Balaban J connectivity index is 2.38. The first-order chi connectivity index (χ1) is 8.91. The SMILES string of the molecule is Cc1noc(C)c1C(C)NC(=O)NCCCC(=O)O. The van der Waals surface area contributed by atoms with E-state index in [-0.39, 0.29) is 18.5 Å². The molecular formula is C12H19N3O4. The molecule has 1 aromatic heterocycles. The van der Waals surface area contributed by atoms with Gasteiger partial charge in [-0.25, -0.2) is 4.79 Å². The Morgan fingerprint density at radius 2 is 2.11 bits per heavy atom. The maximum atomic E-state index is 11.6. The van der Waals surface area contributed by atoms with Gasteiger partial charge in [0.25, 0.3) is 0 Å². The second kappa shape index (κ2) is 6.77. The van der Waals surface area contributed by atoms with E-state index < -0.39 is 5.97 Å². The first kappa shape index (κ1) is 15.0. The van der Waals surface area contributed by atoms with E-state index in [1.165, 1.54) is 0 Å². The van der Waals surface area contributed by atoms with Crippen LogP contribution in [0.3, 0.4) is 0 Å². The zero-order valence-electron chi connectivity index (χ0n) is 11.3. The smallest absolute Gasteiger partial charge is 0.315 e. The number of carbonyl (C=O) groups is 2. The quantitative estimate of drug-likeness (QED) is 0.679. The van der Waals surface area contributed by atoms with Crippen molar-refractivity contribution in [1.82, 2.24) is 15.8 Å². The standard InChI is InChI=1S/C12H19N3O4/c1-7(11-8(2)15-19-9(11)3)14-12(18)13-6-4-5-10(16)17/h7H,4-6H2,1-3H3,(H,16,17)(H2,13,14,18). The number of nitrogens with zero attached hydrogens (tertiary/aromatic N) is 1. The Morgan fingerprint density at radius 1 is 1.42 bits per heavy atom. The van der Waals surface area contributed by atoms with Crippen LogP contribution in [0.4, 0.5) is 4.79 Å². The van der Waals surface area contributed by atoms with Crippen LogP contribution in [0.2, 0.25) is 0 Å². The van der Waals surface area contributed by atoms with Crippen molar-refractivity contribution in [3.05, 3.63) is 17.0 Å². The molecule has 2 amide bonds. The minimum atomic E-state index is -0.869. The summed E-state index contributed by atoms with van der Waals surface area (Å²) in [5.74, 6) is -0.192. The molecule has 0 radical (unpaired) electrons. The number of carboxylic acids is 1. The molecule has 0 saturated heterocycles.